The fraction of sp³-hybridized carbons (Fsp3) is 0. The van der Waals surface area contributed by atoms with Gasteiger partial charge in [-0.1, -0.05) is 0 Å². The van der Waals surface area contributed by atoms with Crippen molar-refractivity contribution >= 4 is 56.6 Å². The summed E-state index contributed by atoms with van der Waals surface area (Å²) in [5.74, 6) is 0. The van der Waals surface area contributed by atoms with Gasteiger partial charge in [0.25, 0.3) is 0 Å². The second kappa shape index (κ2) is 1.89. The van der Waals surface area contributed by atoms with Gasteiger partial charge in [0.1, 0.15) is 0 Å². The van der Waals surface area contributed by atoms with Crippen LogP contribution >= 0.6 is 7.74 Å². The largest absolute Gasteiger partial charge is 2.00 e. The Morgan fingerprint density at radius 3 is 1.29 bits per heavy atom. The SMILES string of the molecule is OP1(O)(O)OO1.[Ba+2].[H-].[H-]. The van der Waals surface area contributed by atoms with Gasteiger partial charge in [0, 0.05) is 0 Å². The van der Waals surface area contributed by atoms with Crippen LogP contribution in [0.3, 0.4) is 0 Å². The number of hydrogen-bond acceptors (Lipinski definition) is 5. The standard InChI is InChI=1S/Ba.H3O5P.2H/c;1-6(2,3)4-5-6;;/h;1-3H;;/q+2;;2*-1. The molecule has 1 saturated heterocycles. The van der Waals surface area contributed by atoms with Crippen molar-refractivity contribution in [1.29, 1.82) is 0 Å². The van der Waals surface area contributed by atoms with Crippen LogP contribution in [0.25, 0.3) is 0 Å². The molecular formula is H5BaO5P. The van der Waals surface area contributed by atoms with Gasteiger partial charge in [-0.3, -0.25) is 0 Å². The minimum Gasteiger partial charge on any atom is -1.00 e. The third kappa shape index (κ3) is 3.39. The Labute approximate surface area is 82.6 Å². The Hall–Kier alpha value is 1.80. The van der Waals surface area contributed by atoms with Gasteiger partial charge in [-0.05, 0) is 0 Å². The quantitative estimate of drug-likeness (QED) is 0.221. The average Bonchev–Trinajstić information content (AvgIpc) is 1.73. The maximum absolute atomic E-state index is 7.89. The van der Waals surface area contributed by atoms with Gasteiger partial charge >= 0.3 is 80.6 Å². The molecular weight excluding hydrogens is 248 g/mol. The Bertz CT molecular complexity index is 78.7. The minimum atomic E-state index is -4.80. The van der Waals surface area contributed by atoms with Gasteiger partial charge < -0.3 is 2.85 Å². The zero-order valence-corrected chi connectivity index (χ0v) is 8.65. The molecule has 1 heterocycles. The summed E-state index contributed by atoms with van der Waals surface area (Å²) in [6.45, 7) is 0. The van der Waals surface area contributed by atoms with Crippen LogP contribution in [-0.2, 0) is 9.35 Å². The molecule has 0 aromatic heterocycles. The maximum atomic E-state index is 7.89. The van der Waals surface area contributed by atoms with Crippen molar-refractivity contribution in [1.82, 2.24) is 0 Å². The van der Waals surface area contributed by atoms with E-state index in [2.05, 4.69) is 9.35 Å². The first-order valence-electron chi connectivity index (χ1n) is 1.13. The molecule has 1 rings (SSSR count). The third-order valence-electron chi connectivity index (χ3n) is 0.275. The summed E-state index contributed by atoms with van der Waals surface area (Å²) in [4.78, 5) is 23.7. The van der Waals surface area contributed by atoms with E-state index in [1.165, 1.54) is 0 Å². The molecule has 0 amide bonds. The van der Waals surface area contributed by atoms with E-state index in [0.29, 0.717) is 0 Å². The Morgan fingerprint density at radius 2 is 1.29 bits per heavy atom. The Morgan fingerprint density at radius 1 is 1.14 bits per heavy atom. The molecule has 0 aliphatic carbocycles. The van der Waals surface area contributed by atoms with E-state index < -0.39 is 7.74 Å². The first-order valence-corrected chi connectivity index (χ1v) is 3.06. The zero-order valence-electron chi connectivity index (χ0n) is 5.31. The van der Waals surface area contributed by atoms with Gasteiger partial charge in [0.2, 0.25) is 0 Å². The normalized spacial score (nSPS) is 36.7. The summed E-state index contributed by atoms with van der Waals surface area (Å²) in [7, 11) is -4.80. The van der Waals surface area contributed by atoms with Gasteiger partial charge in [0.05, 0.1) is 0 Å². The maximum Gasteiger partial charge on any atom is 2.00 e. The van der Waals surface area contributed by atoms with Crippen LogP contribution in [0, 0.1) is 0 Å². The topological polar surface area (TPSA) is 85.8 Å². The molecule has 0 aromatic rings. The van der Waals surface area contributed by atoms with E-state index >= 15 is 0 Å². The van der Waals surface area contributed by atoms with Crippen molar-refractivity contribution < 1.29 is 26.9 Å². The summed E-state index contributed by atoms with van der Waals surface area (Å²) in [5.41, 5.74) is 0. The molecule has 0 saturated carbocycles. The number of rotatable bonds is 0. The second-order valence-corrected chi connectivity index (χ2v) is 2.95. The molecule has 0 bridgehead atoms. The Balaban J connectivity index is -0.000000120. The molecule has 1 aliphatic rings. The van der Waals surface area contributed by atoms with Crippen molar-refractivity contribution in [2.45, 2.75) is 0 Å². The molecule has 42 valence electrons. The number of hydrogen-bond donors (Lipinski definition) is 3. The fourth-order valence-electron chi connectivity index (χ4n) is 0.0447. The van der Waals surface area contributed by atoms with Crippen molar-refractivity contribution in [3.63, 3.8) is 0 Å². The first-order chi connectivity index (χ1) is 2.47. The first kappa shape index (κ1) is 8.80. The summed E-state index contributed by atoms with van der Waals surface area (Å²) >= 11 is 0. The monoisotopic (exact) mass is 254 g/mol. The molecule has 1 aliphatic heterocycles. The van der Waals surface area contributed by atoms with Crippen LogP contribution in [0.1, 0.15) is 2.85 Å². The molecule has 0 atom stereocenters. The van der Waals surface area contributed by atoms with Crippen molar-refractivity contribution in [3.8, 4) is 0 Å². The van der Waals surface area contributed by atoms with E-state index in [-0.39, 0.29) is 51.7 Å². The van der Waals surface area contributed by atoms with E-state index in [1.54, 1.807) is 0 Å². The van der Waals surface area contributed by atoms with Crippen LogP contribution < -0.4 is 0 Å². The van der Waals surface area contributed by atoms with Crippen LogP contribution in [0.5, 0.6) is 0 Å². The molecule has 0 radical (unpaired) electrons. The summed E-state index contributed by atoms with van der Waals surface area (Å²) < 4.78 is 6.76. The van der Waals surface area contributed by atoms with E-state index in [9.17, 15) is 0 Å². The van der Waals surface area contributed by atoms with Crippen molar-refractivity contribution in [3.05, 3.63) is 0 Å². The minimum absolute atomic E-state index is 0. The van der Waals surface area contributed by atoms with Crippen molar-refractivity contribution in [2.75, 3.05) is 0 Å². The van der Waals surface area contributed by atoms with Crippen LogP contribution in [-0.4, -0.2) is 63.6 Å². The predicted octanol–water partition coefficient (Wildman–Crippen LogP) is -1.10. The van der Waals surface area contributed by atoms with Gasteiger partial charge in [-0.2, -0.15) is 0 Å². The molecule has 3 N–H and O–H groups in total. The molecule has 0 aromatic carbocycles. The van der Waals surface area contributed by atoms with Crippen LogP contribution in [0.2, 0.25) is 0 Å². The molecule has 0 spiro atoms. The van der Waals surface area contributed by atoms with Crippen LogP contribution in [0.15, 0.2) is 0 Å². The Kier molecular flexibility index (Phi) is 2.38. The van der Waals surface area contributed by atoms with E-state index in [4.69, 9.17) is 14.7 Å². The van der Waals surface area contributed by atoms with Crippen LogP contribution in [0.4, 0.5) is 0 Å². The molecule has 5 nitrogen and oxygen atoms in total. The molecule has 7 heteroatoms. The zero-order chi connectivity index (χ0) is 4.86. The molecule has 0 unspecified atom stereocenters. The molecule has 7 heavy (non-hydrogen) atoms. The van der Waals surface area contributed by atoms with E-state index in [0.717, 1.165) is 0 Å². The molecule has 1 fully saturated rings. The summed E-state index contributed by atoms with van der Waals surface area (Å²) in [6, 6.07) is 0. The fourth-order valence-corrected chi connectivity index (χ4v) is 0.402. The summed E-state index contributed by atoms with van der Waals surface area (Å²) in [6.07, 6.45) is 0. The van der Waals surface area contributed by atoms with Gasteiger partial charge in [-0.25, -0.2) is 0 Å². The van der Waals surface area contributed by atoms with Gasteiger partial charge in [0.15, 0.2) is 0 Å². The second-order valence-electron chi connectivity index (χ2n) is 0.982. The van der Waals surface area contributed by atoms with E-state index in [1.807, 2.05) is 0 Å². The smallest absolute Gasteiger partial charge is 1.00 e. The van der Waals surface area contributed by atoms with Gasteiger partial charge in [-0.15, -0.1) is 0 Å². The summed E-state index contributed by atoms with van der Waals surface area (Å²) in [5, 5.41) is 0. The van der Waals surface area contributed by atoms with Crippen molar-refractivity contribution in [2.24, 2.45) is 0 Å². The third-order valence-corrected chi connectivity index (χ3v) is 0.824. The average molecular weight is 253 g/mol. The predicted molar refractivity (Wildman–Crippen MR) is 23.7 cm³/mol.